The SMILES string of the molecule is C=C(C)/C(=c1/ccnc(Cl)/c1=C/C)[N+](=O)[O-]. The maximum atomic E-state index is 11.0. The summed E-state index contributed by atoms with van der Waals surface area (Å²) in [5, 5.41) is 12.2. The molecule has 0 aliphatic heterocycles. The lowest BCUT2D eigenvalue weighted by Gasteiger charge is -1.98. The molecule has 1 heterocycles. The van der Waals surface area contributed by atoms with E-state index in [0.29, 0.717) is 16.0 Å². The summed E-state index contributed by atoms with van der Waals surface area (Å²) < 4.78 is 0. The molecule has 1 rings (SSSR count). The van der Waals surface area contributed by atoms with E-state index < -0.39 is 4.92 Å². The average molecular weight is 239 g/mol. The minimum absolute atomic E-state index is 0.0302. The van der Waals surface area contributed by atoms with Gasteiger partial charge in [0.15, 0.2) is 0 Å². The van der Waals surface area contributed by atoms with Gasteiger partial charge >= 0.3 is 0 Å². The molecule has 0 amide bonds. The van der Waals surface area contributed by atoms with Crippen molar-refractivity contribution >= 4 is 23.4 Å². The van der Waals surface area contributed by atoms with Gasteiger partial charge in [0.25, 0.3) is 5.70 Å². The Morgan fingerprint density at radius 2 is 2.31 bits per heavy atom. The molecule has 0 fully saturated rings. The molecule has 4 nitrogen and oxygen atoms in total. The van der Waals surface area contributed by atoms with Crippen molar-refractivity contribution in [1.29, 1.82) is 0 Å². The second-order valence-electron chi connectivity index (χ2n) is 3.24. The molecule has 0 saturated carbocycles. The monoisotopic (exact) mass is 238 g/mol. The summed E-state index contributed by atoms with van der Waals surface area (Å²) in [7, 11) is 0. The topological polar surface area (TPSA) is 56.0 Å². The van der Waals surface area contributed by atoms with E-state index in [1.807, 2.05) is 0 Å². The molecule has 0 aliphatic carbocycles. The number of hydrogen-bond donors (Lipinski definition) is 0. The number of hydrogen-bond acceptors (Lipinski definition) is 3. The van der Waals surface area contributed by atoms with E-state index in [-0.39, 0.29) is 10.9 Å². The van der Waals surface area contributed by atoms with Crippen LogP contribution in [-0.2, 0) is 0 Å². The van der Waals surface area contributed by atoms with Crippen molar-refractivity contribution in [2.24, 2.45) is 0 Å². The molecular formula is C11H11ClN2O2. The van der Waals surface area contributed by atoms with Crippen molar-refractivity contribution in [2.45, 2.75) is 13.8 Å². The molecule has 5 heteroatoms. The Morgan fingerprint density at radius 3 is 2.75 bits per heavy atom. The van der Waals surface area contributed by atoms with Crippen LogP contribution in [-0.4, -0.2) is 9.91 Å². The van der Waals surface area contributed by atoms with Gasteiger partial charge in [0, 0.05) is 17.0 Å². The number of nitro groups is 1. The van der Waals surface area contributed by atoms with Crippen molar-refractivity contribution < 1.29 is 4.92 Å². The molecule has 84 valence electrons. The van der Waals surface area contributed by atoms with E-state index in [1.165, 1.54) is 6.20 Å². The molecule has 0 spiro atoms. The number of halogens is 1. The number of nitrogens with zero attached hydrogens (tertiary/aromatic N) is 2. The van der Waals surface area contributed by atoms with Crippen molar-refractivity contribution in [2.75, 3.05) is 0 Å². The van der Waals surface area contributed by atoms with Crippen LogP contribution in [0.15, 0.2) is 24.4 Å². The molecule has 0 N–H and O–H groups in total. The second-order valence-corrected chi connectivity index (χ2v) is 3.60. The first-order valence-electron chi connectivity index (χ1n) is 4.60. The fraction of sp³-hybridized carbons (Fsp3) is 0.182. The Balaban J connectivity index is 3.90. The molecule has 16 heavy (non-hydrogen) atoms. The van der Waals surface area contributed by atoms with Crippen LogP contribution >= 0.6 is 11.6 Å². The molecule has 0 bridgehead atoms. The van der Waals surface area contributed by atoms with Crippen molar-refractivity contribution in [1.82, 2.24) is 4.98 Å². The van der Waals surface area contributed by atoms with Gasteiger partial charge in [-0.2, -0.15) is 0 Å². The summed E-state index contributed by atoms with van der Waals surface area (Å²) >= 11 is 5.88. The van der Waals surface area contributed by atoms with Crippen LogP contribution in [0.2, 0.25) is 5.15 Å². The Morgan fingerprint density at radius 1 is 1.69 bits per heavy atom. The minimum atomic E-state index is -0.457. The zero-order valence-electron chi connectivity index (χ0n) is 9.03. The van der Waals surface area contributed by atoms with E-state index in [9.17, 15) is 10.1 Å². The quantitative estimate of drug-likeness (QED) is 0.446. The molecule has 0 unspecified atom stereocenters. The molecule has 0 aromatic carbocycles. The molecule has 0 radical (unpaired) electrons. The highest BCUT2D eigenvalue weighted by molar-refractivity contribution is 6.29. The van der Waals surface area contributed by atoms with E-state index in [0.717, 1.165) is 0 Å². The Kier molecular flexibility index (Phi) is 3.79. The fourth-order valence-corrected chi connectivity index (χ4v) is 1.68. The van der Waals surface area contributed by atoms with Crippen LogP contribution in [0, 0.1) is 10.1 Å². The standard InChI is InChI=1S/C11H11ClN2O2/c1-4-8-9(5-6-13-11(8)12)10(7(2)3)14(15)16/h4-6H,2H2,1,3H3/b8-4+,10-9+. The average Bonchev–Trinajstić information content (AvgIpc) is 2.16. The summed E-state index contributed by atoms with van der Waals surface area (Å²) in [5.41, 5.74) is 0.354. The third-order valence-electron chi connectivity index (χ3n) is 2.07. The van der Waals surface area contributed by atoms with Gasteiger partial charge in [-0.15, -0.1) is 0 Å². The summed E-state index contributed by atoms with van der Waals surface area (Å²) in [6.07, 6.45) is 3.13. The Hall–Kier alpha value is -1.68. The Bertz CT molecular complexity index is 548. The number of aromatic nitrogens is 1. The normalized spacial score (nSPS) is 13.6. The first kappa shape index (κ1) is 12.4. The first-order chi connectivity index (χ1) is 7.49. The van der Waals surface area contributed by atoms with Crippen LogP contribution in [0.1, 0.15) is 13.8 Å². The van der Waals surface area contributed by atoms with Crippen molar-refractivity contribution in [3.8, 4) is 0 Å². The van der Waals surface area contributed by atoms with Gasteiger partial charge in [-0.25, -0.2) is 4.98 Å². The summed E-state index contributed by atoms with van der Waals surface area (Å²) in [4.78, 5) is 14.4. The third-order valence-corrected chi connectivity index (χ3v) is 2.37. The highest BCUT2D eigenvalue weighted by Gasteiger charge is 2.14. The maximum absolute atomic E-state index is 11.0. The summed E-state index contributed by atoms with van der Waals surface area (Å²) in [6, 6.07) is 1.56. The van der Waals surface area contributed by atoms with Gasteiger partial charge in [0.1, 0.15) is 5.15 Å². The van der Waals surface area contributed by atoms with Crippen LogP contribution in [0.5, 0.6) is 0 Å². The smallest absolute Gasteiger partial charge is 0.258 e. The van der Waals surface area contributed by atoms with Gasteiger partial charge in [-0.1, -0.05) is 24.3 Å². The van der Waals surface area contributed by atoms with Gasteiger partial charge in [0.2, 0.25) is 0 Å². The first-order valence-corrected chi connectivity index (χ1v) is 4.98. The highest BCUT2D eigenvalue weighted by Crippen LogP contribution is 2.05. The van der Waals surface area contributed by atoms with Crippen molar-refractivity contribution in [3.05, 3.63) is 50.1 Å². The minimum Gasteiger partial charge on any atom is -0.258 e. The molecule has 1 aromatic heterocycles. The lowest BCUT2D eigenvalue weighted by molar-refractivity contribution is -0.376. The molecule has 1 aromatic rings. The lowest BCUT2D eigenvalue weighted by Crippen LogP contribution is -2.31. The van der Waals surface area contributed by atoms with Gasteiger partial charge < -0.3 is 0 Å². The summed E-state index contributed by atoms with van der Waals surface area (Å²) in [6.45, 7) is 6.94. The lowest BCUT2D eigenvalue weighted by atomic mass is 10.1. The number of pyridine rings is 1. The van der Waals surface area contributed by atoms with Crippen molar-refractivity contribution in [3.63, 3.8) is 0 Å². The second kappa shape index (κ2) is 4.90. The molecule has 0 saturated heterocycles. The highest BCUT2D eigenvalue weighted by atomic mass is 35.5. The Labute approximate surface area is 97.7 Å². The van der Waals surface area contributed by atoms with Crippen LogP contribution < -0.4 is 10.4 Å². The van der Waals surface area contributed by atoms with Crippen LogP contribution in [0.3, 0.4) is 0 Å². The van der Waals surface area contributed by atoms with Gasteiger partial charge in [0.05, 0.1) is 10.1 Å². The predicted octanol–water partition coefficient (Wildman–Crippen LogP) is 1.50. The van der Waals surface area contributed by atoms with Gasteiger partial charge in [-0.3, -0.25) is 10.1 Å². The molecule has 0 atom stereocenters. The van der Waals surface area contributed by atoms with E-state index in [4.69, 9.17) is 11.6 Å². The third kappa shape index (κ3) is 2.28. The van der Waals surface area contributed by atoms with Crippen LogP contribution in [0.25, 0.3) is 11.8 Å². The zero-order valence-corrected chi connectivity index (χ0v) is 9.78. The van der Waals surface area contributed by atoms with E-state index in [1.54, 1.807) is 26.0 Å². The van der Waals surface area contributed by atoms with E-state index >= 15 is 0 Å². The van der Waals surface area contributed by atoms with Crippen LogP contribution in [0.4, 0.5) is 0 Å². The summed E-state index contributed by atoms with van der Waals surface area (Å²) in [5.74, 6) is 0. The zero-order chi connectivity index (χ0) is 12.3. The van der Waals surface area contributed by atoms with Gasteiger partial charge in [-0.05, 0) is 19.9 Å². The largest absolute Gasteiger partial charge is 0.279 e. The predicted molar refractivity (Wildman–Crippen MR) is 63.9 cm³/mol. The van der Waals surface area contributed by atoms with E-state index in [2.05, 4.69) is 11.6 Å². The fourth-order valence-electron chi connectivity index (χ4n) is 1.41. The number of rotatable bonds is 2. The molecule has 0 aliphatic rings. The molecular weight excluding hydrogens is 228 g/mol. The maximum Gasteiger partial charge on any atom is 0.279 e.